The van der Waals surface area contributed by atoms with Gasteiger partial charge in [0.2, 0.25) is 5.91 Å². The average Bonchev–Trinajstić information content (AvgIpc) is 3.09. The molecule has 0 unspecified atom stereocenters. The molecule has 0 saturated heterocycles. The maximum Gasteiger partial charge on any atom is 0.416 e. The summed E-state index contributed by atoms with van der Waals surface area (Å²) < 4.78 is 40.2. The van der Waals surface area contributed by atoms with Crippen LogP contribution in [-0.2, 0) is 6.18 Å². The van der Waals surface area contributed by atoms with Crippen LogP contribution in [0.15, 0.2) is 60.8 Å². The number of fused-ring (bicyclic) bond motifs is 3. The van der Waals surface area contributed by atoms with Crippen molar-refractivity contribution in [3.8, 4) is 11.3 Å². The largest absolute Gasteiger partial charge is 0.416 e. The van der Waals surface area contributed by atoms with Crippen molar-refractivity contribution in [3.05, 3.63) is 71.9 Å². The minimum atomic E-state index is -4.39. The number of halogens is 3. The third-order valence-electron chi connectivity index (χ3n) is 4.23. The first-order chi connectivity index (χ1) is 12.3. The molecule has 2 heterocycles. The number of nitrogens with zero attached hydrogens (tertiary/aromatic N) is 2. The van der Waals surface area contributed by atoms with E-state index in [1.807, 2.05) is 22.7 Å². The Hall–Kier alpha value is -3.35. The van der Waals surface area contributed by atoms with Gasteiger partial charge in [0.05, 0.1) is 27.8 Å². The number of hydrogen-bond donors (Lipinski definition) is 1. The van der Waals surface area contributed by atoms with E-state index in [-0.39, 0.29) is 0 Å². The van der Waals surface area contributed by atoms with Crippen molar-refractivity contribution >= 4 is 22.5 Å². The quantitative estimate of drug-likeness (QED) is 0.584. The molecule has 2 aromatic carbocycles. The molecule has 0 spiro atoms. The topological polar surface area (TPSA) is 60.4 Å². The molecule has 0 radical (unpaired) electrons. The first-order valence-electron chi connectivity index (χ1n) is 7.73. The molecule has 0 aliphatic rings. The highest BCUT2D eigenvalue weighted by Crippen LogP contribution is 2.32. The van der Waals surface area contributed by atoms with E-state index in [1.54, 1.807) is 18.2 Å². The lowest BCUT2D eigenvalue weighted by molar-refractivity contribution is -0.137. The number of carbonyl (C=O) groups is 1. The predicted octanol–water partition coefficient (Wildman–Crippen LogP) is 4.27. The molecular weight excluding hydrogens is 343 g/mol. The van der Waals surface area contributed by atoms with Crippen molar-refractivity contribution in [3.63, 3.8) is 0 Å². The molecule has 0 fully saturated rings. The summed E-state index contributed by atoms with van der Waals surface area (Å²) in [6, 6.07) is 13.4. The van der Waals surface area contributed by atoms with E-state index in [0.29, 0.717) is 22.3 Å². The second kappa shape index (κ2) is 5.59. The third kappa shape index (κ3) is 2.57. The predicted molar refractivity (Wildman–Crippen MR) is 91.7 cm³/mol. The lowest BCUT2D eigenvalue weighted by atomic mass is 10.1. The van der Waals surface area contributed by atoms with Crippen LogP contribution >= 0.6 is 0 Å². The first-order valence-corrected chi connectivity index (χ1v) is 7.73. The summed E-state index contributed by atoms with van der Waals surface area (Å²) in [5.74, 6) is -0.572. The van der Waals surface area contributed by atoms with E-state index in [1.165, 1.54) is 12.1 Å². The van der Waals surface area contributed by atoms with Gasteiger partial charge in [-0.05, 0) is 42.5 Å². The summed E-state index contributed by atoms with van der Waals surface area (Å²) in [6.45, 7) is 0. The molecule has 4 rings (SSSR count). The standard InChI is InChI=1S/C19H12F3N3O/c20-19(21,22)13-6-3-11(4-7-13)17-16-2-1-9-25(16)15-8-5-12(18(23)26)10-14(15)24-17/h1-10H,(H2,23,26). The molecule has 2 aromatic heterocycles. The SMILES string of the molecule is NC(=O)c1ccc2c(c1)nc(-c1ccc(C(F)(F)F)cc1)c1cccn12. The van der Waals surface area contributed by atoms with Gasteiger partial charge >= 0.3 is 6.18 Å². The Bertz CT molecular complexity index is 1140. The van der Waals surface area contributed by atoms with Gasteiger partial charge < -0.3 is 10.1 Å². The zero-order chi connectivity index (χ0) is 18.5. The Morgan fingerprint density at radius 1 is 1.00 bits per heavy atom. The van der Waals surface area contributed by atoms with E-state index in [9.17, 15) is 18.0 Å². The fourth-order valence-electron chi connectivity index (χ4n) is 2.96. The van der Waals surface area contributed by atoms with E-state index in [4.69, 9.17) is 5.73 Å². The number of carbonyl (C=O) groups excluding carboxylic acids is 1. The molecule has 1 amide bonds. The summed E-state index contributed by atoms with van der Waals surface area (Å²) in [6.07, 6.45) is -2.56. The van der Waals surface area contributed by atoms with Gasteiger partial charge in [-0.15, -0.1) is 0 Å². The van der Waals surface area contributed by atoms with Gasteiger partial charge in [0.1, 0.15) is 0 Å². The van der Waals surface area contributed by atoms with Gasteiger partial charge in [-0.3, -0.25) is 4.79 Å². The Morgan fingerprint density at radius 2 is 1.73 bits per heavy atom. The molecule has 0 atom stereocenters. The van der Waals surface area contributed by atoms with Crippen LogP contribution in [0.4, 0.5) is 13.2 Å². The maximum absolute atomic E-state index is 12.8. The molecule has 0 aliphatic heterocycles. The maximum atomic E-state index is 12.8. The monoisotopic (exact) mass is 355 g/mol. The second-order valence-corrected chi connectivity index (χ2v) is 5.87. The number of rotatable bonds is 2. The van der Waals surface area contributed by atoms with Crippen LogP contribution < -0.4 is 5.73 Å². The van der Waals surface area contributed by atoms with Crippen LogP contribution in [-0.4, -0.2) is 15.3 Å². The van der Waals surface area contributed by atoms with Crippen LogP contribution in [0.2, 0.25) is 0 Å². The Labute approximate surface area is 145 Å². The number of benzene rings is 2. The van der Waals surface area contributed by atoms with Gasteiger partial charge in [-0.2, -0.15) is 13.2 Å². The lowest BCUT2D eigenvalue weighted by Gasteiger charge is -2.11. The molecule has 0 saturated carbocycles. The molecule has 130 valence electrons. The lowest BCUT2D eigenvalue weighted by Crippen LogP contribution is -2.11. The van der Waals surface area contributed by atoms with E-state index in [0.717, 1.165) is 23.2 Å². The molecular formula is C19H12F3N3O. The molecule has 7 heteroatoms. The van der Waals surface area contributed by atoms with Crippen molar-refractivity contribution in [2.45, 2.75) is 6.18 Å². The highest BCUT2D eigenvalue weighted by molar-refractivity contribution is 5.97. The highest BCUT2D eigenvalue weighted by atomic mass is 19.4. The highest BCUT2D eigenvalue weighted by Gasteiger charge is 2.30. The average molecular weight is 355 g/mol. The van der Waals surface area contributed by atoms with Crippen LogP contribution in [0.5, 0.6) is 0 Å². The number of aromatic nitrogens is 2. The number of amides is 1. The Kier molecular flexibility index (Phi) is 3.47. The Morgan fingerprint density at radius 3 is 2.38 bits per heavy atom. The number of hydrogen-bond acceptors (Lipinski definition) is 2. The number of alkyl halides is 3. The van der Waals surface area contributed by atoms with Crippen LogP contribution in [0.25, 0.3) is 27.8 Å². The molecule has 0 bridgehead atoms. The third-order valence-corrected chi connectivity index (χ3v) is 4.23. The van der Waals surface area contributed by atoms with Gasteiger partial charge in [0, 0.05) is 17.3 Å². The van der Waals surface area contributed by atoms with E-state index >= 15 is 0 Å². The minimum Gasteiger partial charge on any atom is -0.366 e. The molecule has 26 heavy (non-hydrogen) atoms. The van der Waals surface area contributed by atoms with Gasteiger partial charge in [0.15, 0.2) is 0 Å². The van der Waals surface area contributed by atoms with Crippen LogP contribution in [0.1, 0.15) is 15.9 Å². The summed E-state index contributed by atoms with van der Waals surface area (Å²) in [5.41, 5.74) is 8.05. The van der Waals surface area contributed by atoms with Gasteiger partial charge in [-0.25, -0.2) is 4.98 Å². The molecule has 4 nitrogen and oxygen atoms in total. The fourth-order valence-corrected chi connectivity index (χ4v) is 2.96. The van der Waals surface area contributed by atoms with Gasteiger partial charge in [-0.1, -0.05) is 12.1 Å². The van der Waals surface area contributed by atoms with Crippen molar-refractivity contribution in [2.24, 2.45) is 5.73 Å². The van der Waals surface area contributed by atoms with Crippen LogP contribution in [0.3, 0.4) is 0 Å². The first kappa shape index (κ1) is 16.1. The van der Waals surface area contributed by atoms with Crippen molar-refractivity contribution < 1.29 is 18.0 Å². The van der Waals surface area contributed by atoms with E-state index < -0.39 is 17.6 Å². The molecule has 0 aliphatic carbocycles. The minimum absolute atomic E-state index is 0.315. The summed E-state index contributed by atoms with van der Waals surface area (Å²) in [4.78, 5) is 16.0. The Balaban J connectivity index is 1.95. The van der Waals surface area contributed by atoms with E-state index in [2.05, 4.69) is 4.98 Å². The number of nitrogens with two attached hydrogens (primary N) is 1. The summed E-state index contributed by atoms with van der Waals surface area (Å²) in [5, 5.41) is 0. The zero-order valence-corrected chi connectivity index (χ0v) is 13.3. The number of primary amides is 1. The summed E-state index contributed by atoms with van der Waals surface area (Å²) >= 11 is 0. The summed E-state index contributed by atoms with van der Waals surface area (Å²) in [7, 11) is 0. The van der Waals surface area contributed by atoms with Crippen LogP contribution in [0, 0.1) is 0 Å². The fraction of sp³-hybridized carbons (Fsp3) is 0.0526. The van der Waals surface area contributed by atoms with Crippen molar-refractivity contribution in [1.29, 1.82) is 0 Å². The van der Waals surface area contributed by atoms with Crippen molar-refractivity contribution in [2.75, 3.05) is 0 Å². The normalized spacial score (nSPS) is 12.0. The zero-order valence-electron chi connectivity index (χ0n) is 13.3. The smallest absolute Gasteiger partial charge is 0.366 e. The molecule has 4 aromatic rings. The second-order valence-electron chi connectivity index (χ2n) is 5.87. The molecule has 2 N–H and O–H groups in total. The van der Waals surface area contributed by atoms with Gasteiger partial charge in [0.25, 0.3) is 0 Å². The van der Waals surface area contributed by atoms with Crippen molar-refractivity contribution in [1.82, 2.24) is 9.38 Å².